The predicted octanol–water partition coefficient (Wildman–Crippen LogP) is 2.74. The molecule has 1 atom stereocenters. The van der Waals surface area contributed by atoms with Gasteiger partial charge in [0.15, 0.2) is 23.2 Å². The van der Waals surface area contributed by atoms with Crippen LogP contribution in [0, 0.1) is 13.8 Å². The Balaban J connectivity index is 2.15. The van der Waals surface area contributed by atoms with Crippen molar-refractivity contribution in [3.63, 3.8) is 0 Å². The molecular formula is C18H17F3N4O3. The van der Waals surface area contributed by atoms with Gasteiger partial charge in [-0.2, -0.15) is 13.2 Å². The minimum atomic E-state index is -5.07. The van der Waals surface area contributed by atoms with E-state index in [-0.39, 0.29) is 23.0 Å². The Morgan fingerprint density at radius 1 is 1.14 bits per heavy atom. The van der Waals surface area contributed by atoms with E-state index in [4.69, 9.17) is 10.2 Å². The first-order valence-electron chi connectivity index (χ1n) is 8.13. The summed E-state index contributed by atoms with van der Waals surface area (Å²) in [5, 5.41) is 19.2. The number of benzene rings is 1. The molecule has 2 aromatic heterocycles. The highest BCUT2D eigenvalue weighted by atomic mass is 19.4. The van der Waals surface area contributed by atoms with Gasteiger partial charge in [0.1, 0.15) is 0 Å². The van der Waals surface area contributed by atoms with Crippen LogP contribution in [0.15, 0.2) is 35.0 Å². The zero-order chi connectivity index (χ0) is 20.7. The maximum Gasteiger partial charge on any atom is 0.423 e. The van der Waals surface area contributed by atoms with Crippen LogP contribution in [0.5, 0.6) is 0 Å². The van der Waals surface area contributed by atoms with E-state index in [1.165, 1.54) is 18.5 Å². The maximum absolute atomic E-state index is 13.3. The summed E-state index contributed by atoms with van der Waals surface area (Å²) < 4.78 is 45.3. The van der Waals surface area contributed by atoms with Gasteiger partial charge < -0.3 is 20.4 Å². The van der Waals surface area contributed by atoms with Crippen molar-refractivity contribution in [1.29, 1.82) is 0 Å². The van der Waals surface area contributed by atoms with Crippen LogP contribution >= 0.6 is 0 Å². The van der Waals surface area contributed by atoms with Gasteiger partial charge in [-0.1, -0.05) is 12.1 Å². The number of alkyl halides is 3. The van der Waals surface area contributed by atoms with E-state index >= 15 is 0 Å². The third-order valence-corrected chi connectivity index (χ3v) is 4.34. The van der Waals surface area contributed by atoms with Crippen LogP contribution in [-0.2, 0) is 5.60 Å². The molecule has 3 rings (SSSR count). The number of nitrogen functional groups attached to an aromatic ring is 1. The normalized spacial score (nSPS) is 14.1. The lowest BCUT2D eigenvalue weighted by Crippen LogP contribution is -2.45. The Morgan fingerprint density at radius 2 is 1.86 bits per heavy atom. The molecule has 7 nitrogen and oxygen atoms in total. The van der Waals surface area contributed by atoms with Crippen molar-refractivity contribution < 1.29 is 27.8 Å². The first kappa shape index (κ1) is 19.8. The van der Waals surface area contributed by atoms with Crippen LogP contribution in [0.3, 0.4) is 0 Å². The number of anilines is 1. The molecule has 0 radical (unpaired) electrons. The van der Waals surface area contributed by atoms with Gasteiger partial charge in [-0.3, -0.25) is 0 Å². The number of halogens is 3. The molecule has 2 heterocycles. The van der Waals surface area contributed by atoms with Crippen molar-refractivity contribution in [1.82, 2.24) is 15.0 Å². The van der Waals surface area contributed by atoms with E-state index in [2.05, 4.69) is 15.0 Å². The highest BCUT2D eigenvalue weighted by Gasteiger charge is 2.54. The molecule has 0 aliphatic heterocycles. The second kappa shape index (κ2) is 6.88. The zero-order valence-electron chi connectivity index (χ0n) is 14.9. The monoisotopic (exact) mass is 394 g/mol. The molecule has 1 aromatic carbocycles. The quantitative estimate of drug-likeness (QED) is 0.623. The average Bonchev–Trinajstić information content (AvgIpc) is 3.07. The van der Waals surface area contributed by atoms with E-state index in [1.807, 2.05) is 0 Å². The molecule has 0 fully saturated rings. The third kappa shape index (κ3) is 3.32. The smallest absolute Gasteiger partial charge is 0.423 e. The summed E-state index contributed by atoms with van der Waals surface area (Å²) in [6, 6.07) is 3.62. The molecular weight excluding hydrogens is 377 g/mol. The number of rotatable bonds is 4. The second-order valence-corrected chi connectivity index (χ2v) is 6.28. The van der Waals surface area contributed by atoms with Gasteiger partial charge in [0, 0.05) is 12.5 Å². The lowest BCUT2D eigenvalue weighted by atomic mass is 9.90. The Morgan fingerprint density at radius 3 is 2.43 bits per heavy atom. The lowest BCUT2D eigenvalue weighted by molar-refractivity contribution is -0.277. The van der Waals surface area contributed by atoms with Gasteiger partial charge in [0.05, 0.1) is 24.7 Å². The topological polar surface area (TPSA) is 118 Å². The van der Waals surface area contributed by atoms with Crippen LogP contribution in [0.4, 0.5) is 19.0 Å². The number of hydrogen-bond acceptors (Lipinski definition) is 7. The largest absolute Gasteiger partial charge is 0.439 e. The number of oxazole rings is 1. The van der Waals surface area contributed by atoms with E-state index in [0.29, 0.717) is 17.0 Å². The SMILES string of the molecule is Cc1ncc(-c2nc(-c3cc(C(O)(CO)C(F)(F)F)ccc3C)cnc2N)o1. The number of aliphatic hydroxyl groups is 2. The molecule has 0 saturated carbocycles. The lowest BCUT2D eigenvalue weighted by Gasteiger charge is -2.29. The van der Waals surface area contributed by atoms with E-state index < -0.39 is 23.9 Å². The Kier molecular flexibility index (Phi) is 4.86. The molecule has 0 aliphatic rings. The fourth-order valence-corrected chi connectivity index (χ4v) is 2.68. The molecule has 0 aliphatic carbocycles. The average molecular weight is 394 g/mol. The van der Waals surface area contributed by atoms with E-state index in [9.17, 15) is 23.4 Å². The summed E-state index contributed by atoms with van der Waals surface area (Å²) in [5.41, 5.74) is 3.22. The summed E-state index contributed by atoms with van der Waals surface area (Å²) in [4.78, 5) is 12.4. The summed E-state index contributed by atoms with van der Waals surface area (Å²) >= 11 is 0. The first-order valence-corrected chi connectivity index (χ1v) is 8.13. The molecule has 0 saturated heterocycles. The van der Waals surface area contributed by atoms with Crippen LogP contribution in [0.25, 0.3) is 22.7 Å². The summed E-state index contributed by atoms with van der Waals surface area (Å²) in [6.45, 7) is 1.79. The van der Waals surface area contributed by atoms with Crippen LogP contribution in [0.2, 0.25) is 0 Å². The number of nitrogens with zero attached hydrogens (tertiary/aromatic N) is 3. The van der Waals surface area contributed by atoms with Crippen LogP contribution < -0.4 is 5.73 Å². The highest BCUT2D eigenvalue weighted by molar-refractivity contribution is 5.71. The van der Waals surface area contributed by atoms with Gasteiger partial charge in [-0.15, -0.1) is 0 Å². The summed E-state index contributed by atoms with van der Waals surface area (Å²) in [5.74, 6) is 0.717. The number of nitrogens with two attached hydrogens (primary N) is 1. The second-order valence-electron chi connectivity index (χ2n) is 6.28. The standard InChI is InChI=1S/C18H17F3N4O3/c1-9-3-4-11(17(27,8-26)18(19,20)21)5-12(9)13-6-24-16(22)15(25-13)14-7-23-10(2)28-14/h3-7,26-27H,8H2,1-2H3,(H2,22,24). The number of hydrogen-bond donors (Lipinski definition) is 3. The molecule has 0 spiro atoms. The molecule has 0 amide bonds. The molecule has 3 aromatic rings. The fourth-order valence-electron chi connectivity index (χ4n) is 2.68. The number of aliphatic hydroxyl groups excluding tert-OH is 1. The van der Waals surface area contributed by atoms with Crippen LogP contribution in [0.1, 0.15) is 17.0 Å². The van der Waals surface area contributed by atoms with Crippen molar-refractivity contribution in [2.45, 2.75) is 25.6 Å². The fraction of sp³-hybridized carbons (Fsp3) is 0.278. The summed E-state index contributed by atoms with van der Waals surface area (Å²) in [7, 11) is 0. The van der Waals surface area contributed by atoms with Gasteiger partial charge in [0.25, 0.3) is 0 Å². The van der Waals surface area contributed by atoms with Crippen molar-refractivity contribution in [2.24, 2.45) is 0 Å². The van der Waals surface area contributed by atoms with Crippen LogP contribution in [-0.4, -0.2) is 37.9 Å². The minimum absolute atomic E-state index is 0.0656. The van der Waals surface area contributed by atoms with E-state index in [0.717, 1.165) is 12.1 Å². The molecule has 0 bridgehead atoms. The van der Waals surface area contributed by atoms with Gasteiger partial charge >= 0.3 is 6.18 Å². The molecule has 148 valence electrons. The maximum atomic E-state index is 13.3. The molecule has 4 N–H and O–H groups in total. The Hall–Kier alpha value is -2.98. The van der Waals surface area contributed by atoms with Gasteiger partial charge in [0.2, 0.25) is 5.60 Å². The first-order chi connectivity index (χ1) is 13.1. The predicted molar refractivity (Wildman–Crippen MR) is 93.9 cm³/mol. The van der Waals surface area contributed by atoms with Crippen molar-refractivity contribution in [2.75, 3.05) is 12.3 Å². The highest BCUT2D eigenvalue weighted by Crippen LogP contribution is 2.40. The molecule has 28 heavy (non-hydrogen) atoms. The van der Waals surface area contributed by atoms with E-state index in [1.54, 1.807) is 13.8 Å². The Labute approximate surface area is 157 Å². The van der Waals surface area contributed by atoms with Crippen molar-refractivity contribution >= 4 is 5.82 Å². The zero-order valence-corrected chi connectivity index (χ0v) is 14.9. The summed E-state index contributed by atoms with van der Waals surface area (Å²) in [6.07, 6.45) is -2.35. The minimum Gasteiger partial charge on any atom is -0.439 e. The number of aryl methyl sites for hydroxylation is 2. The molecule has 1 unspecified atom stereocenters. The third-order valence-electron chi connectivity index (χ3n) is 4.34. The van der Waals surface area contributed by atoms with Crippen molar-refractivity contribution in [3.8, 4) is 22.7 Å². The Bertz CT molecular complexity index is 1020. The number of aromatic nitrogens is 3. The van der Waals surface area contributed by atoms with Crippen molar-refractivity contribution in [3.05, 3.63) is 47.6 Å². The molecule has 10 heteroatoms. The van der Waals surface area contributed by atoms with Gasteiger partial charge in [-0.25, -0.2) is 15.0 Å². The van der Waals surface area contributed by atoms with Gasteiger partial charge in [-0.05, 0) is 24.1 Å².